The summed E-state index contributed by atoms with van der Waals surface area (Å²) in [6.45, 7) is 4.55. The van der Waals surface area contributed by atoms with Gasteiger partial charge in [-0.3, -0.25) is 9.59 Å². The Bertz CT molecular complexity index is 1310. The molecule has 0 rings (SSSR count). The van der Waals surface area contributed by atoms with Gasteiger partial charge in [-0.05, 0) is 64.2 Å². The van der Waals surface area contributed by atoms with E-state index in [1.54, 1.807) is 21.1 Å². The van der Waals surface area contributed by atoms with E-state index in [0.29, 0.717) is 12.8 Å². The van der Waals surface area contributed by atoms with Gasteiger partial charge < -0.3 is 28.6 Å². The fourth-order valence-corrected chi connectivity index (χ4v) is 7.72. The van der Waals surface area contributed by atoms with Crippen molar-refractivity contribution in [3.8, 4) is 0 Å². The molecule has 0 fully saturated rings. The Kier molecular flexibility index (Phi) is 45.9. The Hall–Kier alpha value is -3.23. The molecule has 0 saturated carbocycles. The molecule has 0 radical (unpaired) electrons. The van der Waals surface area contributed by atoms with Gasteiger partial charge in [0.25, 0.3) is 0 Å². The third-order valence-corrected chi connectivity index (χ3v) is 11.9. The number of hydrogen-bond acceptors (Lipinski definition) is 7. The van der Waals surface area contributed by atoms with E-state index in [-0.39, 0.29) is 42.7 Å². The molecule has 0 heterocycles. The Morgan fingerprint density at radius 3 is 1.26 bits per heavy atom. The Labute approximate surface area is 406 Å². The Morgan fingerprint density at radius 1 is 0.470 bits per heavy atom. The number of aliphatic carboxylic acids is 1. The average molecular weight is 924 g/mol. The lowest BCUT2D eigenvalue weighted by atomic mass is 10.0. The summed E-state index contributed by atoms with van der Waals surface area (Å²) in [5.74, 6) is -1.76. The second-order valence-corrected chi connectivity index (χ2v) is 19.1. The molecule has 0 bridgehead atoms. The second-order valence-electron chi connectivity index (χ2n) is 19.1. The van der Waals surface area contributed by atoms with Gasteiger partial charge in [0.05, 0.1) is 40.3 Å². The highest BCUT2D eigenvalue weighted by molar-refractivity contribution is 5.70. The van der Waals surface area contributed by atoms with Crippen molar-refractivity contribution >= 4 is 17.9 Å². The number of carbonyl (C=O) groups excluding carboxylic acids is 3. The van der Waals surface area contributed by atoms with Crippen molar-refractivity contribution in [2.45, 2.75) is 238 Å². The van der Waals surface area contributed by atoms with Crippen LogP contribution in [0.2, 0.25) is 0 Å². The topological polar surface area (TPSA) is 102 Å². The zero-order valence-corrected chi connectivity index (χ0v) is 43.3. The largest absolute Gasteiger partial charge is 0.544 e. The van der Waals surface area contributed by atoms with Crippen LogP contribution < -0.4 is 5.11 Å². The molecule has 0 N–H and O–H groups in total. The minimum absolute atomic E-state index is 0.0315. The van der Waals surface area contributed by atoms with Gasteiger partial charge in [0.2, 0.25) is 0 Å². The van der Waals surface area contributed by atoms with E-state index in [0.717, 1.165) is 89.9 Å². The number of carboxylic acid groups (broad SMARTS) is 1. The van der Waals surface area contributed by atoms with Crippen molar-refractivity contribution in [2.75, 3.05) is 41.0 Å². The van der Waals surface area contributed by atoms with E-state index >= 15 is 0 Å². The number of rotatable bonds is 48. The van der Waals surface area contributed by atoms with Crippen LogP contribution in [0.4, 0.5) is 0 Å². The molecule has 8 heteroatoms. The molecule has 2 unspecified atom stereocenters. The SMILES string of the molecule is CC/C=C/C/C=C/C/C=C/C/C=C/C/C=C/C/C=C/CCCCCCC(=O)OCC(COCCC(C(=O)[O-])[N+](C)(C)C)OC(=O)CCCCCCCCCCCCCCCCCCCCC. The molecule has 0 saturated heterocycles. The summed E-state index contributed by atoms with van der Waals surface area (Å²) in [6.07, 6.45) is 62.2. The van der Waals surface area contributed by atoms with Crippen molar-refractivity contribution in [1.29, 1.82) is 0 Å². The first-order chi connectivity index (χ1) is 32.1. The summed E-state index contributed by atoms with van der Waals surface area (Å²) >= 11 is 0. The molecular formula is C58H101NO7. The van der Waals surface area contributed by atoms with Gasteiger partial charge in [0, 0.05) is 19.3 Å². The summed E-state index contributed by atoms with van der Waals surface area (Å²) in [4.78, 5) is 37.1. The third kappa shape index (κ3) is 45.9. The highest BCUT2D eigenvalue weighted by Gasteiger charge is 2.25. The molecule has 0 aromatic carbocycles. The second kappa shape index (κ2) is 48.2. The number of carbonyl (C=O) groups is 3. The molecule has 0 spiro atoms. The fraction of sp³-hybridized carbons (Fsp3) is 0.741. The van der Waals surface area contributed by atoms with E-state index in [1.807, 2.05) is 0 Å². The normalized spacial score (nSPS) is 13.4. The molecule has 2 atom stereocenters. The van der Waals surface area contributed by atoms with Crippen molar-refractivity contribution in [3.05, 3.63) is 72.9 Å². The maximum absolute atomic E-state index is 12.8. The Morgan fingerprint density at radius 2 is 0.848 bits per heavy atom. The minimum atomic E-state index is -1.13. The molecule has 0 aliphatic heterocycles. The monoisotopic (exact) mass is 924 g/mol. The first-order valence-electron chi connectivity index (χ1n) is 27.0. The highest BCUT2D eigenvalue weighted by atomic mass is 16.6. The number of carboxylic acids is 1. The van der Waals surface area contributed by atoms with Crippen LogP contribution in [0, 0.1) is 0 Å². The number of ether oxygens (including phenoxy) is 3. The summed E-state index contributed by atoms with van der Waals surface area (Å²) in [7, 11) is 5.41. The van der Waals surface area contributed by atoms with Crippen LogP contribution >= 0.6 is 0 Å². The zero-order chi connectivity index (χ0) is 48.4. The fourth-order valence-electron chi connectivity index (χ4n) is 7.72. The lowest BCUT2D eigenvalue weighted by Gasteiger charge is -2.34. The average Bonchev–Trinajstić information content (AvgIpc) is 3.28. The first kappa shape index (κ1) is 62.8. The predicted molar refractivity (Wildman–Crippen MR) is 277 cm³/mol. The molecule has 8 nitrogen and oxygen atoms in total. The van der Waals surface area contributed by atoms with Crippen molar-refractivity contribution in [2.24, 2.45) is 0 Å². The summed E-state index contributed by atoms with van der Waals surface area (Å²) in [5, 5.41) is 11.7. The van der Waals surface area contributed by atoms with Crippen LogP contribution in [0.5, 0.6) is 0 Å². The van der Waals surface area contributed by atoms with E-state index < -0.39 is 18.1 Å². The van der Waals surface area contributed by atoms with E-state index in [9.17, 15) is 19.5 Å². The van der Waals surface area contributed by atoms with Gasteiger partial charge in [-0.1, -0.05) is 215 Å². The smallest absolute Gasteiger partial charge is 0.306 e. The Balaban J connectivity index is 4.27. The third-order valence-electron chi connectivity index (χ3n) is 11.9. The molecule has 66 heavy (non-hydrogen) atoms. The maximum atomic E-state index is 12.8. The van der Waals surface area contributed by atoms with Gasteiger partial charge in [0.15, 0.2) is 6.10 Å². The van der Waals surface area contributed by atoms with Crippen LogP contribution in [0.25, 0.3) is 0 Å². The van der Waals surface area contributed by atoms with Crippen LogP contribution in [0.3, 0.4) is 0 Å². The van der Waals surface area contributed by atoms with Crippen LogP contribution in [0.1, 0.15) is 226 Å². The van der Waals surface area contributed by atoms with Gasteiger partial charge in [-0.15, -0.1) is 0 Å². The van der Waals surface area contributed by atoms with Gasteiger partial charge in [0.1, 0.15) is 12.6 Å². The molecule has 0 aromatic heterocycles. The molecule has 0 amide bonds. The number of quaternary nitrogens is 1. The van der Waals surface area contributed by atoms with Crippen molar-refractivity contribution < 1.29 is 38.2 Å². The molecule has 0 aliphatic carbocycles. The van der Waals surface area contributed by atoms with E-state index in [4.69, 9.17) is 14.2 Å². The van der Waals surface area contributed by atoms with Gasteiger partial charge in [-0.2, -0.15) is 0 Å². The van der Waals surface area contributed by atoms with E-state index in [2.05, 4.69) is 86.8 Å². The number of esters is 2. The molecule has 0 aromatic rings. The van der Waals surface area contributed by atoms with Gasteiger partial charge in [-0.25, -0.2) is 0 Å². The lowest BCUT2D eigenvalue weighted by molar-refractivity contribution is -0.889. The molecule has 380 valence electrons. The number of allylic oxidation sites excluding steroid dienone is 12. The summed E-state index contributed by atoms with van der Waals surface area (Å²) in [6, 6.07) is -0.733. The quantitative estimate of drug-likeness (QED) is 0.0259. The highest BCUT2D eigenvalue weighted by Crippen LogP contribution is 2.16. The molecular weight excluding hydrogens is 823 g/mol. The number of unbranched alkanes of at least 4 members (excludes halogenated alkanes) is 22. The first-order valence-corrected chi connectivity index (χ1v) is 27.0. The van der Waals surface area contributed by atoms with Gasteiger partial charge >= 0.3 is 11.9 Å². The zero-order valence-electron chi connectivity index (χ0n) is 43.3. The summed E-state index contributed by atoms with van der Waals surface area (Å²) in [5.41, 5.74) is 0. The van der Waals surface area contributed by atoms with Crippen molar-refractivity contribution in [1.82, 2.24) is 0 Å². The van der Waals surface area contributed by atoms with Crippen LogP contribution in [-0.4, -0.2) is 75.5 Å². The van der Waals surface area contributed by atoms with Crippen LogP contribution in [0.15, 0.2) is 72.9 Å². The lowest BCUT2D eigenvalue weighted by Crippen LogP contribution is -2.55. The number of hydrogen-bond donors (Lipinski definition) is 0. The number of nitrogens with zero attached hydrogens (tertiary/aromatic N) is 1. The minimum Gasteiger partial charge on any atom is -0.544 e. The standard InChI is InChI=1S/C58H101NO7/c1-6-8-10-12-14-16-18-20-22-24-26-27-28-29-31-32-34-36-38-40-42-44-46-48-56(60)65-53-54(52-64-51-50-55(58(62)63)59(3,4)5)66-57(61)49-47-45-43-41-39-37-35-33-30-25-23-21-19-17-15-13-11-9-7-2/h8,10,14,16,20,22,26-27,29,31,34,36,54-55H,6-7,9,11-13,15,17-19,21,23-25,28,30,32-33,35,37-53H2,1-5H3/b10-8+,16-14+,22-20+,27-26+,31-29+,36-34+. The van der Waals surface area contributed by atoms with Crippen molar-refractivity contribution in [3.63, 3.8) is 0 Å². The van der Waals surface area contributed by atoms with E-state index in [1.165, 1.54) is 103 Å². The summed E-state index contributed by atoms with van der Waals surface area (Å²) < 4.78 is 17.2. The van der Waals surface area contributed by atoms with Crippen LogP contribution in [-0.2, 0) is 28.6 Å². The molecule has 0 aliphatic rings. The maximum Gasteiger partial charge on any atom is 0.306 e. The predicted octanol–water partition coefficient (Wildman–Crippen LogP) is 14.5. The number of likely N-dealkylation sites (N-methyl/N-ethyl adjacent to an activating group) is 1.